The second-order valence-corrected chi connectivity index (χ2v) is 8.33. The smallest absolute Gasteiger partial charge is 0.261 e. The number of para-hydroxylation sites is 1. The van der Waals surface area contributed by atoms with Gasteiger partial charge in [-0.2, -0.15) is 0 Å². The van der Waals surface area contributed by atoms with Gasteiger partial charge in [-0.25, -0.2) is 4.39 Å². The zero-order valence-electron chi connectivity index (χ0n) is 16.4. The second kappa shape index (κ2) is 8.76. The maximum absolute atomic E-state index is 14.0. The van der Waals surface area contributed by atoms with Crippen LogP contribution >= 0.6 is 11.3 Å². The summed E-state index contributed by atoms with van der Waals surface area (Å²) < 4.78 is 14.0. The molecule has 2 heterocycles. The van der Waals surface area contributed by atoms with Crippen LogP contribution in [0.5, 0.6) is 0 Å². The van der Waals surface area contributed by atoms with Crippen LogP contribution in [0.1, 0.15) is 15.2 Å². The van der Waals surface area contributed by atoms with Gasteiger partial charge in [0.15, 0.2) is 0 Å². The number of nitrogens with zero attached hydrogens (tertiary/aromatic N) is 2. The number of carbonyl (C=O) groups excluding carboxylic acids is 1. The minimum absolute atomic E-state index is 0.134. The van der Waals surface area contributed by atoms with Crippen molar-refractivity contribution in [3.05, 3.63) is 76.9 Å². The highest BCUT2D eigenvalue weighted by atomic mass is 32.1. The Balaban J connectivity index is 1.44. The zero-order chi connectivity index (χ0) is 20.2. The summed E-state index contributed by atoms with van der Waals surface area (Å²) >= 11 is 1.31. The van der Waals surface area contributed by atoms with Crippen LogP contribution in [-0.2, 0) is 6.54 Å². The molecule has 1 aliphatic heterocycles. The lowest BCUT2D eigenvalue weighted by Crippen LogP contribution is -2.45. The summed E-state index contributed by atoms with van der Waals surface area (Å²) in [5.41, 5.74) is 2.81. The van der Waals surface area contributed by atoms with E-state index < -0.39 is 0 Å². The van der Waals surface area contributed by atoms with Crippen molar-refractivity contribution < 1.29 is 9.18 Å². The normalized spacial score (nSPS) is 14.8. The highest BCUT2D eigenvalue weighted by molar-refractivity contribution is 7.17. The molecule has 1 fully saturated rings. The summed E-state index contributed by atoms with van der Waals surface area (Å²) in [6.45, 7) is 4.51. The molecular weight excluding hydrogens is 385 g/mol. The number of thiophene rings is 1. The van der Waals surface area contributed by atoms with Crippen LogP contribution < -0.4 is 10.2 Å². The van der Waals surface area contributed by atoms with E-state index in [0.717, 1.165) is 36.6 Å². The third kappa shape index (κ3) is 4.49. The van der Waals surface area contributed by atoms with E-state index in [1.54, 1.807) is 30.3 Å². The Morgan fingerprint density at radius 2 is 1.72 bits per heavy atom. The van der Waals surface area contributed by atoms with Crippen LogP contribution in [0.25, 0.3) is 10.4 Å². The number of piperazine rings is 1. The first kappa shape index (κ1) is 19.6. The number of carbonyl (C=O) groups is 1. The van der Waals surface area contributed by atoms with Crippen molar-refractivity contribution in [1.82, 2.24) is 10.2 Å². The lowest BCUT2D eigenvalue weighted by molar-refractivity contribution is 0.0955. The quantitative estimate of drug-likeness (QED) is 0.685. The fourth-order valence-corrected chi connectivity index (χ4v) is 4.49. The monoisotopic (exact) mass is 409 g/mol. The van der Waals surface area contributed by atoms with Gasteiger partial charge in [0.25, 0.3) is 5.91 Å². The van der Waals surface area contributed by atoms with Gasteiger partial charge in [-0.1, -0.05) is 36.4 Å². The van der Waals surface area contributed by atoms with Gasteiger partial charge in [-0.15, -0.1) is 11.3 Å². The van der Waals surface area contributed by atoms with Gasteiger partial charge in [0, 0.05) is 48.9 Å². The SMILES string of the molecule is CN1CCN(c2ccccc2CNC(=O)c2ccc(-c3ccccc3F)s2)CC1. The average molecular weight is 410 g/mol. The van der Waals surface area contributed by atoms with E-state index >= 15 is 0 Å². The number of nitrogens with one attached hydrogen (secondary N) is 1. The molecule has 1 aliphatic rings. The van der Waals surface area contributed by atoms with Gasteiger partial charge < -0.3 is 15.1 Å². The molecule has 2 aromatic carbocycles. The van der Waals surface area contributed by atoms with E-state index in [2.05, 4.69) is 34.3 Å². The van der Waals surface area contributed by atoms with Crippen molar-refractivity contribution in [1.29, 1.82) is 0 Å². The maximum Gasteiger partial charge on any atom is 0.261 e. The minimum Gasteiger partial charge on any atom is -0.369 e. The summed E-state index contributed by atoms with van der Waals surface area (Å²) in [5, 5.41) is 3.02. The van der Waals surface area contributed by atoms with Gasteiger partial charge in [-0.05, 0) is 36.9 Å². The Morgan fingerprint density at radius 1 is 1.00 bits per heavy atom. The van der Waals surface area contributed by atoms with Gasteiger partial charge in [0.2, 0.25) is 0 Å². The Kier molecular flexibility index (Phi) is 5.92. The lowest BCUT2D eigenvalue weighted by atomic mass is 10.1. The lowest BCUT2D eigenvalue weighted by Gasteiger charge is -2.35. The Labute approximate surface area is 174 Å². The molecule has 0 spiro atoms. The minimum atomic E-state index is -0.276. The van der Waals surface area contributed by atoms with Crippen LogP contribution in [-0.4, -0.2) is 44.0 Å². The molecule has 0 radical (unpaired) electrons. The summed E-state index contributed by atoms with van der Waals surface area (Å²) in [6, 6.07) is 18.4. The van der Waals surface area contributed by atoms with Crippen molar-refractivity contribution in [2.75, 3.05) is 38.1 Å². The number of anilines is 1. The highest BCUT2D eigenvalue weighted by Gasteiger charge is 2.18. The molecule has 0 bridgehead atoms. The molecule has 4 nitrogen and oxygen atoms in total. The van der Waals surface area contributed by atoms with Gasteiger partial charge >= 0.3 is 0 Å². The molecule has 150 valence electrons. The van der Waals surface area contributed by atoms with Crippen LogP contribution in [0.2, 0.25) is 0 Å². The number of amides is 1. The van der Waals surface area contributed by atoms with Crippen molar-refractivity contribution >= 4 is 22.9 Å². The van der Waals surface area contributed by atoms with E-state index in [9.17, 15) is 9.18 Å². The first-order chi connectivity index (χ1) is 14.1. The Morgan fingerprint density at radius 3 is 2.52 bits per heavy atom. The average Bonchev–Trinajstić information content (AvgIpc) is 3.23. The molecular formula is C23H24FN3OS. The third-order valence-electron chi connectivity index (χ3n) is 5.24. The molecule has 0 unspecified atom stereocenters. The van der Waals surface area contributed by atoms with Gasteiger partial charge in [0.05, 0.1) is 4.88 Å². The van der Waals surface area contributed by atoms with E-state index in [0.29, 0.717) is 17.0 Å². The number of likely N-dealkylation sites (N-methyl/N-ethyl adjacent to an activating group) is 1. The molecule has 4 rings (SSSR count). The van der Waals surface area contributed by atoms with E-state index in [1.165, 1.54) is 23.1 Å². The van der Waals surface area contributed by atoms with Crippen LogP contribution in [0, 0.1) is 5.82 Å². The summed E-state index contributed by atoms with van der Waals surface area (Å²) in [4.78, 5) is 18.7. The highest BCUT2D eigenvalue weighted by Crippen LogP contribution is 2.30. The molecule has 1 aromatic heterocycles. The molecule has 0 aliphatic carbocycles. The predicted molar refractivity (Wildman–Crippen MR) is 117 cm³/mol. The van der Waals surface area contributed by atoms with E-state index in [4.69, 9.17) is 0 Å². The molecule has 1 N–H and O–H groups in total. The standard InChI is InChI=1S/C23H24FN3OS/c1-26-12-14-27(15-13-26)20-9-5-2-6-17(20)16-25-23(28)22-11-10-21(29-22)18-7-3-4-8-19(18)24/h2-11H,12-16H2,1H3,(H,25,28). The molecule has 29 heavy (non-hydrogen) atoms. The number of hydrogen-bond acceptors (Lipinski definition) is 4. The molecule has 3 aromatic rings. The zero-order valence-corrected chi connectivity index (χ0v) is 17.2. The van der Waals surface area contributed by atoms with Crippen molar-refractivity contribution in [3.8, 4) is 10.4 Å². The molecule has 6 heteroatoms. The molecule has 1 amide bonds. The maximum atomic E-state index is 14.0. The number of rotatable bonds is 5. The fourth-order valence-electron chi connectivity index (χ4n) is 3.54. The summed E-state index contributed by atoms with van der Waals surface area (Å²) in [6.07, 6.45) is 0. The topological polar surface area (TPSA) is 35.6 Å². The number of halogens is 1. The van der Waals surface area contributed by atoms with Gasteiger partial charge in [0.1, 0.15) is 5.82 Å². The van der Waals surface area contributed by atoms with Crippen molar-refractivity contribution in [3.63, 3.8) is 0 Å². The van der Waals surface area contributed by atoms with Crippen molar-refractivity contribution in [2.24, 2.45) is 0 Å². The van der Waals surface area contributed by atoms with E-state index in [-0.39, 0.29) is 11.7 Å². The number of hydrogen-bond donors (Lipinski definition) is 1. The fraction of sp³-hybridized carbons (Fsp3) is 0.261. The third-order valence-corrected chi connectivity index (χ3v) is 6.36. The first-order valence-corrected chi connectivity index (χ1v) is 10.6. The Hall–Kier alpha value is -2.70. The Bertz CT molecular complexity index is 995. The molecule has 1 saturated heterocycles. The summed E-state index contributed by atoms with van der Waals surface area (Å²) in [5.74, 6) is -0.409. The molecule has 0 atom stereocenters. The largest absolute Gasteiger partial charge is 0.369 e. The van der Waals surface area contributed by atoms with Crippen LogP contribution in [0.3, 0.4) is 0 Å². The van der Waals surface area contributed by atoms with E-state index in [1.807, 2.05) is 12.1 Å². The molecule has 0 saturated carbocycles. The first-order valence-electron chi connectivity index (χ1n) is 9.76. The van der Waals surface area contributed by atoms with Gasteiger partial charge in [-0.3, -0.25) is 4.79 Å². The van der Waals surface area contributed by atoms with Crippen molar-refractivity contribution in [2.45, 2.75) is 6.54 Å². The predicted octanol–water partition coefficient (Wildman–Crippen LogP) is 4.24. The second-order valence-electron chi connectivity index (χ2n) is 7.25. The van der Waals surface area contributed by atoms with Crippen LogP contribution in [0.15, 0.2) is 60.7 Å². The number of benzene rings is 2. The van der Waals surface area contributed by atoms with Crippen LogP contribution in [0.4, 0.5) is 10.1 Å². The summed E-state index contributed by atoms with van der Waals surface area (Å²) in [7, 11) is 2.14.